The first-order valence-corrected chi connectivity index (χ1v) is 8.35. The third-order valence-electron chi connectivity index (χ3n) is 2.40. The van der Waals surface area contributed by atoms with Crippen LogP contribution in [0.5, 0.6) is 0 Å². The van der Waals surface area contributed by atoms with E-state index in [1.807, 2.05) is 0 Å². The second-order valence-corrected chi connectivity index (χ2v) is 7.64. The predicted octanol–water partition coefficient (Wildman–Crippen LogP) is 2.60. The Morgan fingerprint density at radius 2 is 2.05 bits per heavy atom. The summed E-state index contributed by atoms with van der Waals surface area (Å²) in [5.41, 5.74) is 6.83. The van der Waals surface area contributed by atoms with Crippen molar-refractivity contribution in [1.29, 1.82) is 0 Å². The fourth-order valence-corrected chi connectivity index (χ4v) is 3.80. The SMILES string of the molecule is Nc1cccc(CS(=O)(=O)NCc2ccc(Cl)s2)c1. The number of thiophene rings is 1. The number of sulfonamides is 1. The van der Waals surface area contributed by atoms with Crippen LogP contribution in [0.2, 0.25) is 4.34 Å². The Morgan fingerprint density at radius 1 is 1.26 bits per heavy atom. The van der Waals surface area contributed by atoms with Gasteiger partial charge in [0.1, 0.15) is 0 Å². The van der Waals surface area contributed by atoms with Gasteiger partial charge < -0.3 is 5.73 Å². The first-order chi connectivity index (χ1) is 8.94. The molecule has 3 N–H and O–H groups in total. The molecule has 0 bridgehead atoms. The van der Waals surface area contributed by atoms with Gasteiger partial charge in [0.2, 0.25) is 10.0 Å². The zero-order chi connectivity index (χ0) is 13.9. The van der Waals surface area contributed by atoms with Gasteiger partial charge in [0.05, 0.1) is 10.1 Å². The Balaban J connectivity index is 1.99. The summed E-state index contributed by atoms with van der Waals surface area (Å²) < 4.78 is 27.0. The fraction of sp³-hybridized carbons (Fsp3) is 0.167. The van der Waals surface area contributed by atoms with Gasteiger partial charge in [-0.2, -0.15) is 0 Å². The minimum Gasteiger partial charge on any atom is -0.399 e. The van der Waals surface area contributed by atoms with Crippen molar-refractivity contribution in [2.45, 2.75) is 12.3 Å². The first-order valence-electron chi connectivity index (χ1n) is 5.50. The molecule has 0 amide bonds. The van der Waals surface area contributed by atoms with Gasteiger partial charge in [0, 0.05) is 17.1 Å². The molecule has 1 aromatic heterocycles. The number of nitrogens with two attached hydrogens (primary N) is 1. The van der Waals surface area contributed by atoms with Gasteiger partial charge in [-0.1, -0.05) is 23.7 Å². The third kappa shape index (κ3) is 4.50. The highest BCUT2D eigenvalue weighted by Gasteiger charge is 2.12. The molecule has 0 aliphatic carbocycles. The molecule has 102 valence electrons. The molecule has 2 aromatic rings. The molecule has 0 fully saturated rings. The second kappa shape index (κ2) is 5.92. The van der Waals surface area contributed by atoms with Crippen molar-refractivity contribution in [2.24, 2.45) is 0 Å². The Morgan fingerprint density at radius 3 is 2.68 bits per heavy atom. The van der Waals surface area contributed by atoms with Crippen molar-refractivity contribution in [3.8, 4) is 0 Å². The average molecular weight is 317 g/mol. The van der Waals surface area contributed by atoms with E-state index in [4.69, 9.17) is 17.3 Å². The fourth-order valence-electron chi connectivity index (χ4n) is 1.58. The number of anilines is 1. The number of hydrogen-bond donors (Lipinski definition) is 2. The van der Waals surface area contributed by atoms with Gasteiger partial charge in [-0.25, -0.2) is 13.1 Å². The number of rotatable bonds is 5. The van der Waals surface area contributed by atoms with Gasteiger partial charge in [-0.15, -0.1) is 11.3 Å². The summed E-state index contributed by atoms with van der Waals surface area (Å²) in [6.45, 7) is 0.252. The lowest BCUT2D eigenvalue weighted by atomic mass is 10.2. The summed E-state index contributed by atoms with van der Waals surface area (Å²) in [6.07, 6.45) is 0. The highest BCUT2D eigenvalue weighted by Crippen LogP contribution is 2.21. The zero-order valence-electron chi connectivity index (χ0n) is 9.97. The molecule has 4 nitrogen and oxygen atoms in total. The van der Waals surface area contributed by atoms with Gasteiger partial charge in [-0.3, -0.25) is 0 Å². The summed E-state index contributed by atoms with van der Waals surface area (Å²) in [6, 6.07) is 10.4. The smallest absolute Gasteiger partial charge is 0.216 e. The molecule has 0 unspecified atom stereocenters. The van der Waals surface area contributed by atoms with E-state index in [9.17, 15) is 8.42 Å². The van der Waals surface area contributed by atoms with Crippen LogP contribution in [0.4, 0.5) is 5.69 Å². The second-order valence-electron chi connectivity index (χ2n) is 4.03. The van der Waals surface area contributed by atoms with Crippen molar-refractivity contribution in [3.63, 3.8) is 0 Å². The Hall–Kier alpha value is -1.08. The molecule has 0 radical (unpaired) electrons. The number of halogens is 1. The lowest BCUT2D eigenvalue weighted by Crippen LogP contribution is -2.24. The summed E-state index contributed by atoms with van der Waals surface area (Å²) in [4.78, 5) is 0.876. The minimum atomic E-state index is -3.38. The van der Waals surface area contributed by atoms with Crippen molar-refractivity contribution in [3.05, 3.63) is 51.2 Å². The number of benzene rings is 1. The van der Waals surface area contributed by atoms with E-state index in [2.05, 4.69) is 4.72 Å². The number of nitrogen functional groups attached to an aromatic ring is 1. The molecular formula is C12H13ClN2O2S2. The minimum absolute atomic E-state index is 0.0862. The van der Waals surface area contributed by atoms with Crippen LogP contribution in [-0.4, -0.2) is 8.42 Å². The van der Waals surface area contributed by atoms with E-state index < -0.39 is 10.0 Å². The van der Waals surface area contributed by atoms with E-state index in [0.29, 0.717) is 15.6 Å². The molecule has 1 aromatic carbocycles. The molecule has 0 saturated heterocycles. The highest BCUT2D eigenvalue weighted by atomic mass is 35.5. The van der Waals surface area contributed by atoms with Crippen LogP contribution in [-0.2, 0) is 22.3 Å². The zero-order valence-corrected chi connectivity index (χ0v) is 12.4. The van der Waals surface area contributed by atoms with Gasteiger partial charge in [-0.05, 0) is 29.8 Å². The lowest BCUT2D eigenvalue weighted by molar-refractivity contribution is 0.581. The maximum absolute atomic E-state index is 11.9. The molecule has 7 heteroatoms. The van der Waals surface area contributed by atoms with Gasteiger partial charge >= 0.3 is 0 Å². The lowest BCUT2D eigenvalue weighted by Gasteiger charge is -2.06. The van der Waals surface area contributed by atoms with E-state index in [1.165, 1.54) is 11.3 Å². The summed E-state index contributed by atoms with van der Waals surface area (Å²) in [5.74, 6) is -0.0862. The molecule has 0 aliphatic heterocycles. The van der Waals surface area contributed by atoms with Crippen LogP contribution in [0.3, 0.4) is 0 Å². The Bertz CT molecular complexity index is 668. The first kappa shape index (κ1) is 14.3. The largest absolute Gasteiger partial charge is 0.399 e. The Kier molecular flexibility index (Phi) is 4.46. The molecule has 19 heavy (non-hydrogen) atoms. The maximum atomic E-state index is 11.9. The summed E-state index contributed by atoms with van der Waals surface area (Å²) in [5, 5.41) is 0. The van der Waals surface area contributed by atoms with Gasteiger partial charge in [0.25, 0.3) is 0 Å². The number of nitrogens with one attached hydrogen (secondary N) is 1. The van der Waals surface area contributed by atoms with Crippen LogP contribution in [0, 0.1) is 0 Å². The molecule has 1 heterocycles. The number of hydrogen-bond acceptors (Lipinski definition) is 4. The van der Waals surface area contributed by atoms with Crippen molar-refractivity contribution >= 4 is 38.6 Å². The van der Waals surface area contributed by atoms with Crippen LogP contribution in [0.1, 0.15) is 10.4 Å². The monoisotopic (exact) mass is 316 g/mol. The quantitative estimate of drug-likeness (QED) is 0.833. The highest BCUT2D eigenvalue weighted by molar-refractivity contribution is 7.88. The van der Waals surface area contributed by atoms with Crippen molar-refractivity contribution in [2.75, 3.05) is 5.73 Å². The standard InChI is InChI=1S/C12H13ClN2O2S2/c13-12-5-4-11(18-12)7-15-19(16,17)8-9-2-1-3-10(14)6-9/h1-6,15H,7-8,14H2. The molecule has 0 saturated carbocycles. The molecule has 0 aliphatic rings. The van der Waals surface area contributed by atoms with E-state index in [-0.39, 0.29) is 12.3 Å². The third-order valence-corrected chi connectivity index (χ3v) is 4.93. The molecule has 2 rings (SSSR count). The molecular weight excluding hydrogens is 304 g/mol. The molecule has 0 atom stereocenters. The van der Waals surface area contributed by atoms with Crippen LogP contribution in [0.15, 0.2) is 36.4 Å². The van der Waals surface area contributed by atoms with E-state index in [0.717, 1.165) is 4.88 Å². The van der Waals surface area contributed by atoms with Gasteiger partial charge in [0.15, 0.2) is 0 Å². The maximum Gasteiger partial charge on any atom is 0.216 e. The molecule has 0 spiro atoms. The van der Waals surface area contributed by atoms with Crippen molar-refractivity contribution in [1.82, 2.24) is 4.72 Å². The van der Waals surface area contributed by atoms with E-state index in [1.54, 1.807) is 36.4 Å². The van der Waals surface area contributed by atoms with Crippen molar-refractivity contribution < 1.29 is 8.42 Å². The van der Waals surface area contributed by atoms with Crippen LogP contribution < -0.4 is 10.5 Å². The topological polar surface area (TPSA) is 72.2 Å². The normalized spacial score (nSPS) is 11.6. The van der Waals surface area contributed by atoms with E-state index >= 15 is 0 Å². The Labute approximate surface area is 121 Å². The summed E-state index contributed by atoms with van der Waals surface area (Å²) >= 11 is 7.14. The predicted molar refractivity (Wildman–Crippen MR) is 79.6 cm³/mol. The average Bonchev–Trinajstić information content (AvgIpc) is 2.72. The summed E-state index contributed by atoms with van der Waals surface area (Å²) in [7, 11) is -3.38. The van der Waals surface area contributed by atoms with Crippen LogP contribution >= 0.6 is 22.9 Å². The van der Waals surface area contributed by atoms with Crippen LogP contribution in [0.25, 0.3) is 0 Å².